The number of hydrogen-bond acceptors (Lipinski definition) is 9. The van der Waals surface area contributed by atoms with Crippen LogP contribution in [0.15, 0.2) is 34.3 Å². The lowest BCUT2D eigenvalue weighted by molar-refractivity contribution is -0.150. The molecule has 5 rings (SSSR count). The molecule has 43 heavy (non-hydrogen) atoms. The molecule has 1 fully saturated rings. The van der Waals surface area contributed by atoms with Gasteiger partial charge >= 0.3 is 5.97 Å². The first-order chi connectivity index (χ1) is 20.6. The van der Waals surface area contributed by atoms with E-state index in [1.54, 1.807) is 11.8 Å². The third-order valence-electron chi connectivity index (χ3n) is 8.08. The number of ether oxygens (including phenoxy) is 3. The average molecular weight is 603 g/mol. The number of pyridine rings is 1. The normalized spacial score (nSPS) is 22.3. The Balaban J connectivity index is 1.58. The molecule has 12 nitrogen and oxygen atoms in total. The first-order valence-electron chi connectivity index (χ1n) is 14.0. The van der Waals surface area contributed by atoms with Crippen molar-refractivity contribution in [1.29, 1.82) is 0 Å². The van der Waals surface area contributed by atoms with Gasteiger partial charge in [0.2, 0.25) is 23.9 Å². The van der Waals surface area contributed by atoms with Crippen molar-refractivity contribution in [1.82, 2.24) is 14.8 Å². The molecule has 2 aromatic rings. The van der Waals surface area contributed by atoms with E-state index in [0.29, 0.717) is 31.2 Å². The third kappa shape index (κ3) is 5.65. The lowest BCUT2D eigenvalue weighted by Crippen LogP contribution is -2.52. The van der Waals surface area contributed by atoms with Crippen LogP contribution in [0.5, 0.6) is 5.75 Å². The molecule has 3 aliphatic heterocycles. The number of halogens is 2. The van der Waals surface area contributed by atoms with Crippen LogP contribution in [-0.4, -0.2) is 65.2 Å². The van der Waals surface area contributed by atoms with E-state index >= 15 is 0 Å². The van der Waals surface area contributed by atoms with Crippen molar-refractivity contribution in [3.05, 3.63) is 63.1 Å². The number of esters is 1. The number of nitrogens with zero attached hydrogens (tertiary/aromatic N) is 3. The molecule has 4 heterocycles. The molecule has 1 spiro atoms. The van der Waals surface area contributed by atoms with Gasteiger partial charge in [0.25, 0.3) is 11.8 Å². The van der Waals surface area contributed by atoms with Gasteiger partial charge in [-0.1, -0.05) is 18.1 Å². The van der Waals surface area contributed by atoms with Crippen LogP contribution < -0.4 is 15.5 Å². The second-order valence-electron chi connectivity index (χ2n) is 10.8. The molecule has 1 aromatic heterocycles. The molecular formula is C29H32F2N4O8. The summed E-state index contributed by atoms with van der Waals surface area (Å²) >= 11 is 0. The highest BCUT2D eigenvalue weighted by molar-refractivity contribution is 5.99. The van der Waals surface area contributed by atoms with E-state index in [2.05, 4.69) is 10.5 Å². The number of aromatic nitrogens is 1. The summed E-state index contributed by atoms with van der Waals surface area (Å²) < 4.78 is 45.1. The summed E-state index contributed by atoms with van der Waals surface area (Å²) in [7, 11) is 1.47. The van der Waals surface area contributed by atoms with Gasteiger partial charge in [0.05, 0.1) is 19.6 Å². The van der Waals surface area contributed by atoms with Gasteiger partial charge in [-0.15, -0.1) is 0 Å². The Morgan fingerprint density at radius 3 is 2.74 bits per heavy atom. The fraction of sp³-hybridized carbons (Fsp3) is 0.483. The second kappa shape index (κ2) is 12.0. The highest BCUT2D eigenvalue weighted by atomic mass is 19.1. The molecular weight excluding hydrogens is 570 g/mol. The minimum Gasteiger partial charge on any atom is -0.482 e. The number of hydrogen-bond donors (Lipinski definition) is 1. The Morgan fingerprint density at radius 2 is 2.05 bits per heavy atom. The summed E-state index contributed by atoms with van der Waals surface area (Å²) in [5.41, 5.74) is -2.42. The number of carbonyl (C=O) groups excluding carboxylic acids is 3. The predicted molar refractivity (Wildman–Crippen MR) is 146 cm³/mol. The zero-order chi connectivity index (χ0) is 30.9. The highest BCUT2D eigenvalue weighted by Crippen LogP contribution is 2.46. The van der Waals surface area contributed by atoms with Crippen molar-refractivity contribution in [3.63, 3.8) is 0 Å². The molecule has 3 atom stereocenters. The maximum atomic E-state index is 14.2. The zero-order valence-corrected chi connectivity index (χ0v) is 24.0. The van der Waals surface area contributed by atoms with E-state index < -0.39 is 64.6 Å². The Bertz CT molecular complexity index is 1540. The van der Waals surface area contributed by atoms with Gasteiger partial charge in [0.1, 0.15) is 17.2 Å². The largest absolute Gasteiger partial charge is 0.482 e. The number of amides is 2. The average Bonchev–Trinajstić information content (AvgIpc) is 3.35. The van der Waals surface area contributed by atoms with Crippen LogP contribution in [0, 0.1) is 11.6 Å². The second-order valence-corrected chi connectivity index (χ2v) is 10.8. The van der Waals surface area contributed by atoms with Gasteiger partial charge in [0.15, 0.2) is 11.3 Å². The molecule has 1 saturated heterocycles. The monoisotopic (exact) mass is 602 g/mol. The van der Waals surface area contributed by atoms with E-state index in [1.807, 2.05) is 6.92 Å². The van der Waals surface area contributed by atoms with Crippen molar-refractivity contribution in [3.8, 4) is 5.75 Å². The Hall–Kier alpha value is -4.49. The molecule has 0 radical (unpaired) electrons. The summed E-state index contributed by atoms with van der Waals surface area (Å²) in [5.74, 6) is -3.71. The smallest absolute Gasteiger partial charge is 0.308 e. The predicted octanol–water partition coefficient (Wildman–Crippen LogP) is 3.03. The van der Waals surface area contributed by atoms with Crippen LogP contribution in [-0.2, 0) is 25.7 Å². The van der Waals surface area contributed by atoms with Crippen molar-refractivity contribution in [2.45, 2.75) is 70.2 Å². The molecule has 3 aliphatic rings. The van der Waals surface area contributed by atoms with Crippen LogP contribution in [0.3, 0.4) is 0 Å². The summed E-state index contributed by atoms with van der Waals surface area (Å²) in [6.45, 7) is 2.86. The third-order valence-corrected chi connectivity index (χ3v) is 8.08. The summed E-state index contributed by atoms with van der Waals surface area (Å²) in [6.07, 6.45) is 3.24. The fourth-order valence-electron chi connectivity index (χ4n) is 5.68. The molecule has 0 unspecified atom stereocenters. The standard InChI is InChI=1S/C29H32F2N4O8/c1-4-5-23(36)41-15-42-26-24-28(39)34-14-21(29(9-8-16(34)2)11-22(40-3)33-43-29)35(24)13-19(25(26)37)27(38)32-12-17-6-7-18(30)10-20(17)31/h6-7,10,13,16,21H,4-5,8-9,11-12,14-15H2,1-3H3,(H,32,38)/t16-,21+,29-/m0/s1. The molecule has 0 saturated carbocycles. The van der Waals surface area contributed by atoms with Crippen molar-refractivity contribution >= 4 is 23.7 Å². The van der Waals surface area contributed by atoms with Crippen LogP contribution in [0.4, 0.5) is 8.78 Å². The van der Waals surface area contributed by atoms with Gasteiger partial charge in [-0.2, -0.15) is 0 Å². The molecule has 14 heteroatoms. The minimum absolute atomic E-state index is 0.00162. The number of methoxy groups -OCH3 is 1. The van der Waals surface area contributed by atoms with E-state index in [9.17, 15) is 28.0 Å². The van der Waals surface area contributed by atoms with Crippen molar-refractivity contribution in [2.24, 2.45) is 5.16 Å². The van der Waals surface area contributed by atoms with Gasteiger partial charge in [-0.05, 0) is 32.3 Å². The Labute approximate surface area is 245 Å². The number of nitrogens with one attached hydrogen (secondary N) is 1. The van der Waals surface area contributed by atoms with Crippen molar-refractivity contribution < 1.29 is 42.2 Å². The quantitative estimate of drug-likeness (QED) is 0.360. The first-order valence-corrected chi connectivity index (χ1v) is 14.0. The van der Waals surface area contributed by atoms with E-state index in [-0.39, 0.29) is 43.2 Å². The lowest BCUT2D eigenvalue weighted by Gasteiger charge is -2.42. The van der Waals surface area contributed by atoms with Crippen LogP contribution in [0.1, 0.15) is 78.4 Å². The van der Waals surface area contributed by atoms with Crippen LogP contribution in [0.25, 0.3) is 0 Å². The summed E-state index contributed by atoms with van der Waals surface area (Å²) in [6, 6.07) is 2.07. The number of carbonyl (C=O) groups is 3. The molecule has 1 N–H and O–H groups in total. The topological polar surface area (TPSA) is 138 Å². The molecule has 230 valence electrons. The SMILES string of the molecule is CCCC(=O)OCOc1c2n(cc(C(=O)NCc3ccc(F)cc3F)c1=O)[C@@H]1CN(C2=O)[C@@H](C)CC[C@]12CC(OC)=NO2. The summed E-state index contributed by atoms with van der Waals surface area (Å²) in [5, 5.41) is 6.56. The van der Waals surface area contributed by atoms with Gasteiger partial charge in [-0.3, -0.25) is 19.2 Å². The Kier molecular flexibility index (Phi) is 8.38. The van der Waals surface area contributed by atoms with Crippen LogP contribution in [0.2, 0.25) is 0 Å². The van der Waals surface area contributed by atoms with Gasteiger partial charge in [0, 0.05) is 43.4 Å². The van der Waals surface area contributed by atoms with E-state index in [1.165, 1.54) is 23.9 Å². The van der Waals surface area contributed by atoms with Crippen molar-refractivity contribution in [2.75, 3.05) is 20.4 Å². The van der Waals surface area contributed by atoms with Crippen LogP contribution >= 0.6 is 0 Å². The number of rotatable bonds is 8. The molecule has 0 aliphatic carbocycles. The molecule has 2 amide bonds. The van der Waals surface area contributed by atoms with E-state index in [4.69, 9.17) is 19.0 Å². The fourth-order valence-corrected chi connectivity index (χ4v) is 5.68. The highest BCUT2D eigenvalue weighted by Gasteiger charge is 2.54. The summed E-state index contributed by atoms with van der Waals surface area (Å²) in [4.78, 5) is 60.5. The zero-order valence-electron chi connectivity index (χ0n) is 24.0. The maximum Gasteiger partial charge on any atom is 0.308 e. The van der Waals surface area contributed by atoms with Gasteiger partial charge in [-0.25, -0.2) is 8.78 Å². The minimum atomic E-state index is -0.964. The van der Waals surface area contributed by atoms with Gasteiger partial charge < -0.3 is 33.8 Å². The maximum absolute atomic E-state index is 14.2. The first kappa shape index (κ1) is 30.0. The molecule has 1 aromatic carbocycles. The Morgan fingerprint density at radius 1 is 1.26 bits per heavy atom. The van der Waals surface area contributed by atoms with E-state index in [0.717, 1.165) is 6.07 Å². The number of oxime groups is 1. The molecule has 2 bridgehead atoms. The number of fused-ring (bicyclic) bond motifs is 5. The number of benzene rings is 1. The lowest BCUT2D eigenvalue weighted by atomic mass is 9.85.